The molecule has 1 aliphatic heterocycles. The number of carbonyl (C=O) groups is 1. The Morgan fingerprint density at radius 1 is 1.09 bits per heavy atom. The average molecular weight is 316 g/mol. The Morgan fingerprint density at radius 2 is 1.78 bits per heavy atom. The van der Waals surface area contributed by atoms with Crippen LogP contribution >= 0.6 is 0 Å². The number of hydrogen-bond donors (Lipinski definition) is 2. The summed E-state index contributed by atoms with van der Waals surface area (Å²) in [7, 11) is 0. The Morgan fingerprint density at radius 3 is 2.43 bits per heavy atom. The van der Waals surface area contributed by atoms with Crippen LogP contribution in [0.3, 0.4) is 0 Å². The summed E-state index contributed by atoms with van der Waals surface area (Å²) in [5, 5.41) is 2.96. The van der Waals surface area contributed by atoms with Crippen molar-refractivity contribution in [2.75, 3.05) is 44.2 Å². The van der Waals surface area contributed by atoms with Gasteiger partial charge in [0.15, 0.2) is 0 Å². The summed E-state index contributed by atoms with van der Waals surface area (Å²) in [5.74, 6) is 0.0361. The standard InChI is InChI=1S/C18H28N4O/c19-18(8-9-18)17(23)20-10-4-5-11-21-12-14-22(15-13-21)16-6-2-1-3-7-16/h1-3,6-7H,4-5,8-15,19H2,(H,20,23). The molecule has 1 saturated heterocycles. The molecule has 1 aliphatic carbocycles. The van der Waals surface area contributed by atoms with Crippen molar-refractivity contribution in [3.8, 4) is 0 Å². The molecule has 1 amide bonds. The third-order valence-electron chi connectivity index (χ3n) is 4.92. The van der Waals surface area contributed by atoms with E-state index in [1.54, 1.807) is 0 Å². The minimum Gasteiger partial charge on any atom is -0.369 e. The summed E-state index contributed by atoms with van der Waals surface area (Å²) in [4.78, 5) is 16.7. The minimum atomic E-state index is -0.534. The number of para-hydroxylation sites is 1. The molecule has 1 heterocycles. The van der Waals surface area contributed by atoms with Crippen molar-refractivity contribution in [3.05, 3.63) is 30.3 Å². The Labute approximate surface area is 138 Å². The highest BCUT2D eigenvalue weighted by Gasteiger charge is 2.45. The number of anilines is 1. The number of nitrogens with two attached hydrogens (primary N) is 1. The maximum absolute atomic E-state index is 11.7. The highest BCUT2D eigenvalue weighted by molar-refractivity contribution is 5.88. The topological polar surface area (TPSA) is 61.6 Å². The molecular formula is C18H28N4O. The van der Waals surface area contributed by atoms with Crippen LogP contribution < -0.4 is 16.0 Å². The molecule has 23 heavy (non-hydrogen) atoms. The minimum absolute atomic E-state index is 0.0361. The van der Waals surface area contributed by atoms with Gasteiger partial charge in [-0.3, -0.25) is 9.69 Å². The monoisotopic (exact) mass is 316 g/mol. The molecule has 126 valence electrons. The van der Waals surface area contributed by atoms with Gasteiger partial charge >= 0.3 is 0 Å². The van der Waals surface area contributed by atoms with Crippen LogP contribution in [-0.2, 0) is 4.79 Å². The Bertz CT molecular complexity index is 507. The number of unbranched alkanes of at least 4 members (excludes halogenated alkanes) is 1. The maximum Gasteiger partial charge on any atom is 0.240 e. The van der Waals surface area contributed by atoms with Crippen molar-refractivity contribution >= 4 is 11.6 Å². The summed E-state index contributed by atoms with van der Waals surface area (Å²) in [6, 6.07) is 10.6. The lowest BCUT2D eigenvalue weighted by molar-refractivity contribution is -0.123. The number of amides is 1. The van der Waals surface area contributed by atoms with E-state index in [0.717, 1.165) is 65.0 Å². The van der Waals surface area contributed by atoms with Gasteiger partial charge in [-0.25, -0.2) is 0 Å². The molecule has 1 aromatic rings. The number of hydrogen-bond acceptors (Lipinski definition) is 4. The van der Waals surface area contributed by atoms with Crippen LogP contribution in [0.25, 0.3) is 0 Å². The van der Waals surface area contributed by atoms with E-state index in [-0.39, 0.29) is 5.91 Å². The van der Waals surface area contributed by atoms with Gasteiger partial charge in [-0.1, -0.05) is 18.2 Å². The first-order chi connectivity index (χ1) is 11.2. The van der Waals surface area contributed by atoms with Crippen molar-refractivity contribution < 1.29 is 4.79 Å². The molecule has 3 N–H and O–H groups in total. The summed E-state index contributed by atoms with van der Waals surface area (Å²) < 4.78 is 0. The lowest BCUT2D eigenvalue weighted by atomic mass is 10.2. The molecule has 0 radical (unpaired) electrons. The van der Waals surface area contributed by atoms with Crippen LogP contribution in [0.4, 0.5) is 5.69 Å². The van der Waals surface area contributed by atoms with Crippen LogP contribution in [0.15, 0.2) is 30.3 Å². The Hall–Kier alpha value is -1.59. The van der Waals surface area contributed by atoms with E-state index in [4.69, 9.17) is 5.73 Å². The molecule has 2 aliphatic rings. The first-order valence-corrected chi connectivity index (χ1v) is 8.77. The second kappa shape index (κ2) is 7.32. The highest BCUT2D eigenvalue weighted by Crippen LogP contribution is 2.31. The largest absolute Gasteiger partial charge is 0.369 e. The lowest BCUT2D eigenvalue weighted by Crippen LogP contribution is -2.46. The van der Waals surface area contributed by atoms with Crippen LogP contribution in [-0.4, -0.2) is 55.6 Å². The third kappa shape index (κ3) is 4.45. The zero-order valence-electron chi connectivity index (χ0n) is 13.8. The van der Waals surface area contributed by atoms with Crippen LogP contribution in [0.5, 0.6) is 0 Å². The molecule has 2 fully saturated rings. The fraction of sp³-hybridized carbons (Fsp3) is 0.611. The molecular weight excluding hydrogens is 288 g/mol. The van der Waals surface area contributed by atoms with Crippen molar-refractivity contribution in [3.63, 3.8) is 0 Å². The fourth-order valence-corrected chi connectivity index (χ4v) is 3.07. The zero-order valence-corrected chi connectivity index (χ0v) is 13.8. The van der Waals surface area contributed by atoms with Gasteiger partial charge in [-0.2, -0.15) is 0 Å². The fourth-order valence-electron chi connectivity index (χ4n) is 3.07. The van der Waals surface area contributed by atoms with E-state index >= 15 is 0 Å². The molecule has 5 nitrogen and oxygen atoms in total. The van der Waals surface area contributed by atoms with Gasteiger partial charge in [0.05, 0.1) is 5.54 Å². The number of nitrogens with zero attached hydrogens (tertiary/aromatic N) is 2. The quantitative estimate of drug-likeness (QED) is 0.742. The van der Waals surface area contributed by atoms with Gasteiger partial charge in [0.2, 0.25) is 5.91 Å². The molecule has 0 unspecified atom stereocenters. The smallest absolute Gasteiger partial charge is 0.240 e. The summed E-state index contributed by atoms with van der Waals surface area (Å²) >= 11 is 0. The Kier molecular flexibility index (Phi) is 5.18. The molecule has 0 atom stereocenters. The van der Waals surface area contributed by atoms with Crippen molar-refractivity contribution in [2.45, 2.75) is 31.2 Å². The van der Waals surface area contributed by atoms with E-state index in [2.05, 4.69) is 45.4 Å². The predicted octanol–water partition coefficient (Wildman–Crippen LogP) is 1.20. The van der Waals surface area contributed by atoms with Gasteiger partial charge in [-0.15, -0.1) is 0 Å². The zero-order chi connectivity index (χ0) is 16.1. The van der Waals surface area contributed by atoms with E-state index in [0.29, 0.717) is 0 Å². The first kappa shape index (κ1) is 16.3. The molecule has 3 rings (SSSR count). The first-order valence-electron chi connectivity index (χ1n) is 8.77. The highest BCUT2D eigenvalue weighted by atomic mass is 16.2. The molecule has 0 bridgehead atoms. The van der Waals surface area contributed by atoms with Crippen molar-refractivity contribution in [2.24, 2.45) is 5.73 Å². The van der Waals surface area contributed by atoms with Gasteiger partial charge in [0.25, 0.3) is 0 Å². The van der Waals surface area contributed by atoms with Gasteiger partial charge in [0, 0.05) is 38.4 Å². The number of rotatable bonds is 7. The number of piperazine rings is 1. The SMILES string of the molecule is NC1(C(=O)NCCCCN2CCN(c3ccccc3)CC2)CC1. The second-order valence-corrected chi connectivity index (χ2v) is 6.78. The molecule has 1 aromatic carbocycles. The van der Waals surface area contributed by atoms with E-state index < -0.39 is 5.54 Å². The van der Waals surface area contributed by atoms with Crippen LogP contribution in [0.1, 0.15) is 25.7 Å². The average Bonchev–Trinajstić information content (AvgIpc) is 3.35. The van der Waals surface area contributed by atoms with Gasteiger partial charge in [0.1, 0.15) is 0 Å². The van der Waals surface area contributed by atoms with Gasteiger partial charge < -0.3 is 16.0 Å². The van der Waals surface area contributed by atoms with Crippen LogP contribution in [0, 0.1) is 0 Å². The summed E-state index contributed by atoms with van der Waals surface area (Å²) in [6.45, 7) is 6.29. The second-order valence-electron chi connectivity index (χ2n) is 6.78. The maximum atomic E-state index is 11.7. The predicted molar refractivity (Wildman–Crippen MR) is 93.5 cm³/mol. The van der Waals surface area contributed by atoms with E-state index in [9.17, 15) is 4.79 Å². The normalized spacial score (nSPS) is 20.3. The van der Waals surface area contributed by atoms with Gasteiger partial charge in [-0.05, 0) is 44.4 Å². The molecule has 5 heteroatoms. The van der Waals surface area contributed by atoms with Crippen molar-refractivity contribution in [1.29, 1.82) is 0 Å². The van der Waals surface area contributed by atoms with Crippen LogP contribution in [0.2, 0.25) is 0 Å². The van der Waals surface area contributed by atoms with E-state index in [1.165, 1.54) is 5.69 Å². The number of nitrogens with one attached hydrogen (secondary N) is 1. The van der Waals surface area contributed by atoms with E-state index in [1.807, 2.05) is 0 Å². The molecule has 1 saturated carbocycles. The Balaban J connectivity index is 1.27. The third-order valence-corrected chi connectivity index (χ3v) is 4.92. The van der Waals surface area contributed by atoms with Crippen molar-refractivity contribution in [1.82, 2.24) is 10.2 Å². The molecule has 0 spiro atoms. The summed E-state index contributed by atoms with van der Waals surface area (Å²) in [5.41, 5.74) is 6.65. The summed E-state index contributed by atoms with van der Waals surface area (Å²) in [6.07, 6.45) is 3.83. The number of benzene rings is 1. The lowest BCUT2D eigenvalue weighted by Gasteiger charge is -2.36. The number of carbonyl (C=O) groups excluding carboxylic acids is 1. The molecule has 0 aromatic heterocycles.